The van der Waals surface area contributed by atoms with E-state index in [0.29, 0.717) is 13.0 Å². The van der Waals surface area contributed by atoms with Crippen LogP contribution < -0.4 is 10.6 Å². The Morgan fingerprint density at radius 1 is 0.812 bits per heavy atom. The van der Waals surface area contributed by atoms with Gasteiger partial charge >= 0.3 is 0 Å². The van der Waals surface area contributed by atoms with Crippen LogP contribution in [0.4, 0.5) is 4.39 Å². The van der Waals surface area contributed by atoms with E-state index >= 15 is 0 Å². The van der Waals surface area contributed by atoms with E-state index in [2.05, 4.69) is 15.6 Å². The topological polar surface area (TPSA) is 74.0 Å². The molecular formula is C26H24FN3O2. The Kier molecular flexibility index (Phi) is 6.60. The van der Waals surface area contributed by atoms with Crippen LogP contribution in [-0.2, 0) is 22.6 Å². The lowest BCUT2D eigenvalue weighted by molar-refractivity contribution is -0.126. The van der Waals surface area contributed by atoms with Crippen molar-refractivity contribution in [1.82, 2.24) is 15.6 Å². The zero-order chi connectivity index (χ0) is 22.3. The molecule has 4 rings (SSSR count). The van der Waals surface area contributed by atoms with Gasteiger partial charge in [0.15, 0.2) is 0 Å². The number of aryl methyl sites for hydroxylation is 1. The maximum absolute atomic E-state index is 13.4. The number of halogens is 1. The number of H-pyrrole nitrogens is 1. The van der Waals surface area contributed by atoms with Crippen molar-refractivity contribution >= 4 is 22.7 Å². The summed E-state index contributed by atoms with van der Waals surface area (Å²) in [7, 11) is 0. The Balaban J connectivity index is 1.37. The van der Waals surface area contributed by atoms with Crippen LogP contribution in [0.5, 0.6) is 0 Å². The third-order valence-electron chi connectivity index (χ3n) is 5.33. The van der Waals surface area contributed by atoms with Gasteiger partial charge < -0.3 is 15.6 Å². The minimum absolute atomic E-state index is 0.0651. The van der Waals surface area contributed by atoms with Gasteiger partial charge in [-0.15, -0.1) is 0 Å². The molecule has 0 aliphatic carbocycles. The zero-order valence-electron chi connectivity index (χ0n) is 17.5. The van der Waals surface area contributed by atoms with E-state index < -0.39 is 0 Å². The van der Waals surface area contributed by atoms with E-state index in [0.717, 1.165) is 33.3 Å². The van der Waals surface area contributed by atoms with Crippen LogP contribution in [0.3, 0.4) is 0 Å². The van der Waals surface area contributed by atoms with E-state index in [4.69, 9.17) is 0 Å². The average Bonchev–Trinajstić information content (AvgIpc) is 3.19. The number of hydrogen-bond donors (Lipinski definition) is 3. The third-order valence-corrected chi connectivity index (χ3v) is 5.33. The molecule has 0 bridgehead atoms. The standard InChI is InChI=1S/C26H24FN3O2/c27-20-12-10-19(11-13-20)26-22(21-8-4-5-9-23(21)30-26)14-15-24(31)29-17-25(32)28-16-18-6-2-1-3-7-18/h1-13,30H,14-17H2,(H,28,32)(H,29,31). The summed E-state index contributed by atoms with van der Waals surface area (Å²) in [4.78, 5) is 27.8. The van der Waals surface area contributed by atoms with Crippen LogP contribution in [0.1, 0.15) is 17.5 Å². The van der Waals surface area contributed by atoms with E-state index in [1.165, 1.54) is 12.1 Å². The minimum atomic E-state index is -0.295. The summed E-state index contributed by atoms with van der Waals surface area (Å²) < 4.78 is 13.4. The minimum Gasteiger partial charge on any atom is -0.354 e. The first kappa shape index (κ1) is 21.3. The number of fused-ring (bicyclic) bond motifs is 1. The summed E-state index contributed by atoms with van der Waals surface area (Å²) in [6.07, 6.45) is 0.732. The molecule has 4 aromatic rings. The van der Waals surface area contributed by atoms with Crippen molar-refractivity contribution in [1.29, 1.82) is 0 Å². The molecule has 0 aliphatic heterocycles. The molecule has 6 heteroatoms. The summed E-state index contributed by atoms with van der Waals surface area (Å²) in [5.74, 6) is -0.729. The SMILES string of the molecule is O=C(CCc1c(-c2ccc(F)cc2)[nH]c2ccccc12)NCC(=O)NCc1ccccc1. The van der Waals surface area contributed by atoms with Crippen molar-refractivity contribution in [2.24, 2.45) is 0 Å². The number of benzene rings is 3. The summed E-state index contributed by atoms with van der Waals surface area (Å²) in [6, 6.07) is 23.8. The molecule has 162 valence electrons. The highest BCUT2D eigenvalue weighted by Gasteiger charge is 2.15. The molecule has 0 radical (unpaired) electrons. The lowest BCUT2D eigenvalue weighted by Crippen LogP contribution is -2.36. The van der Waals surface area contributed by atoms with Crippen molar-refractivity contribution in [2.75, 3.05) is 6.54 Å². The second-order valence-corrected chi connectivity index (χ2v) is 7.57. The molecular weight excluding hydrogens is 405 g/mol. The number of nitrogens with one attached hydrogen (secondary N) is 3. The van der Waals surface area contributed by atoms with Crippen molar-refractivity contribution in [3.8, 4) is 11.3 Å². The molecule has 3 aromatic carbocycles. The lowest BCUT2D eigenvalue weighted by Gasteiger charge is -2.08. The van der Waals surface area contributed by atoms with Crippen molar-refractivity contribution in [3.05, 3.63) is 95.8 Å². The van der Waals surface area contributed by atoms with Gasteiger partial charge in [0.05, 0.1) is 6.54 Å². The molecule has 0 fully saturated rings. The van der Waals surface area contributed by atoms with Gasteiger partial charge in [0, 0.05) is 29.6 Å². The number of carbonyl (C=O) groups is 2. The van der Waals surface area contributed by atoms with Gasteiger partial charge in [0.25, 0.3) is 0 Å². The van der Waals surface area contributed by atoms with Gasteiger partial charge in [-0.2, -0.15) is 0 Å². The smallest absolute Gasteiger partial charge is 0.239 e. The second kappa shape index (κ2) is 9.92. The molecule has 0 saturated heterocycles. The van der Waals surface area contributed by atoms with Crippen molar-refractivity contribution < 1.29 is 14.0 Å². The largest absolute Gasteiger partial charge is 0.354 e. The lowest BCUT2D eigenvalue weighted by atomic mass is 10.0. The van der Waals surface area contributed by atoms with Gasteiger partial charge in [0.2, 0.25) is 11.8 Å². The number of para-hydroxylation sites is 1. The number of carbonyl (C=O) groups excluding carboxylic acids is 2. The Morgan fingerprint density at radius 3 is 2.31 bits per heavy atom. The number of hydrogen-bond acceptors (Lipinski definition) is 2. The molecule has 0 spiro atoms. The fourth-order valence-corrected chi connectivity index (χ4v) is 3.69. The molecule has 0 unspecified atom stereocenters. The Hall–Kier alpha value is -3.93. The van der Waals surface area contributed by atoms with Gasteiger partial charge in [-0.05, 0) is 53.4 Å². The van der Waals surface area contributed by atoms with E-state index in [9.17, 15) is 14.0 Å². The molecule has 32 heavy (non-hydrogen) atoms. The maximum atomic E-state index is 13.4. The van der Waals surface area contributed by atoms with E-state index in [-0.39, 0.29) is 30.6 Å². The molecule has 0 aliphatic rings. The highest BCUT2D eigenvalue weighted by atomic mass is 19.1. The van der Waals surface area contributed by atoms with E-state index in [1.54, 1.807) is 12.1 Å². The predicted molar refractivity (Wildman–Crippen MR) is 123 cm³/mol. The third kappa shape index (κ3) is 5.21. The van der Waals surface area contributed by atoms with Gasteiger partial charge in [-0.1, -0.05) is 48.5 Å². The van der Waals surface area contributed by atoms with Crippen molar-refractivity contribution in [3.63, 3.8) is 0 Å². The Morgan fingerprint density at radius 2 is 1.53 bits per heavy atom. The van der Waals surface area contributed by atoms with Gasteiger partial charge in [-0.3, -0.25) is 9.59 Å². The van der Waals surface area contributed by atoms with Crippen LogP contribution in [0, 0.1) is 5.82 Å². The first-order chi connectivity index (χ1) is 15.6. The van der Waals surface area contributed by atoms with Crippen LogP contribution in [-0.4, -0.2) is 23.3 Å². The maximum Gasteiger partial charge on any atom is 0.239 e. The molecule has 0 saturated carbocycles. The molecule has 1 aromatic heterocycles. The Labute approximate surface area is 185 Å². The van der Waals surface area contributed by atoms with Crippen molar-refractivity contribution in [2.45, 2.75) is 19.4 Å². The van der Waals surface area contributed by atoms with E-state index in [1.807, 2.05) is 54.6 Å². The first-order valence-corrected chi connectivity index (χ1v) is 10.5. The Bertz CT molecular complexity index is 1220. The normalized spacial score (nSPS) is 10.8. The quantitative estimate of drug-likeness (QED) is 0.390. The summed E-state index contributed by atoms with van der Waals surface area (Å²) in [6.45, 7) is 0.357. The number of aromatic nitrogens is 1. The average molecular weight is 429 g/mol. The number of rotatable bonds is 8. The van der Waals surface area contributed by atoms with Gasteiger partial charge in [-0.25, -0.2) is 4.39 Å². The monoisotopic (exact) mass is 429 g/mol. The summed E-state index contributed by atoms with van der Waals surface area (Å²) in [5, 5.41) is 6.51. The van der Waals surface area contributed by atoms with Crippen LogP contribution in [0.2, 0.25) is 0 Å². The van der Waals surface area contributed by atoms with Crippen LogP contribution in [0.25, 0.3) is 22.2 Å². The predicted octanol–water partition coefficient (Wildman–Crippen LogP) is 4.34. The number of amides is 2. The molecule has 3 N–H and O–H groups in total. The second-order valence-electron chi connectivity index (χ2n) is 7.57. The number of aromatic amines is 1. The molecule has 1 heterocycles. The highest BCUT2D eigenvalue weighted by molar-refractivity contribution is 5.91. The van der Waals surface area contributed by atoms with Crippen LogP contribution in [0.15, 0.2) is 78.9 Å². The summed E-state index contributed by atoms with van der Waals surface area (Å²) in [5.41, 5.74) is 4.69. The summed E-state index contributed by atoms with van der Waals surface area (Å²) >= 11 is 0. The first-order valence-electron chi connectivity index (χ1n) is 10.5. The zero-order valence-corrected chi connectivity index (χ0v) is 17.5. The molecule has 5 nitrogen and oxygen atoms in total. The fraction of sp³-hybridized carbons (Fsp3) is 0.154. The molecule has 2 amide bonds. The van der Waals surface area contributed by atoms with Crippen LogP contribution >= 0.6 is 0 Å². The fourth-order valence-electron chi connectivity index (χ4n) is 3.69. The van der Waals surface area contributed by atoms with Gasteiger partial charge in [0.1, 0.15) is 5.82 Å². The molecule has 0 atom stereocenters. The highest BCUT2D eigenvalue weighted by Crippen LogP contribution is 2.31.